The number of nitrogens with zero attached hydrogens (tertiary/aromatic N) is 1. The summed E-state index contributed by atoms with van der Waals surface area (Å²) in [7, 11) is 0. The van der Waals surface area contributed by atoms with E-state index in [1.165, 1.54) is 38.5 Å². The molecule has 2 N–H and O–H groups in total. The highest BCUT2D eigenvalue weighted by Gasteiger charge is 2.33. The number of hydrogen-bond acceptors (Lipinski definition) is 3. The van der Waals surface area contributed by atoms with E-state index in [0.717, 1.165) is 19.4 Å². The lowest BCUT2D eigenvalue weighted by Gasteiger charge is -2.38. The van der Waals surface area contributed by atoms with Crippen LogP contribution in [0.3, 0.4) is 0 Å². The van der Waals surface area contributed by atoms with Crippen LogP contribution in [0, 0.1) is 0 Å². The van der Waals surface area contributed by atoms with Gasteiger partial charge in [-0.3, -0.25) is 4.79 Å². The fourth-order valence-corrected chi connectivity index (χ4v) is 3.10. The van der Waals surface area contributed by atoms with E-state index < -0.39 is 0 Å². The van der Waals surface area contributed by atoms with E-state index in [-0.39, 0.29) is 12.0 Å². The van der Waals surface area contributed by atoms with E-state index in [1.54, 1.807) is 0 Å². The second kappa shape index (κ2) is 7.10. The highest BCUT2D eigenvalue weighted by Crippen LogP contribution is 2.25. The molecule has 2 rings (SSSR count). The Hall–Kier alpha value is -0.610. The molecular formula is C14H26N2O2. The van der Waals surface area contributed by atoms with Gasteiger partial charge in [0.05, 0.1) is 6.61 Å². The average Bonchev–Trinajstić information content (AvgIpc) is 2.66. The van der Waals surface area contributed by atoms with E-state index in [2.05, 4.69) is 4.90 Å². The van der Waals surface area contributed by atoms with Crippen LogP contribution < -0.4 is 5.73 Å². The minimum atomic E-state index is -0.231. The Morgan fingerprint density at radius 2 is 1.94 bits per heavy atom. The van der Waals surface area contributed by atoms with Gasteiger partial charge in [0, 0.05) is 12.6 Å². The van der Waals surface area contributed by atoms with Crippen LogP contribution in [-0.2, 0) is 9.53 Å². The van der Waals surface area contributed by atoms with Crippen molar-refractivity contribution in [3.63, 3.8) is 0 Å². The van der Waals surface area contributed by atoms with Crippen molar-refractivity contribution >= 4 is 5.91 Å². The molecule has 4 nitrogen and oxygen atoms in total. The molecule has 1 saturated carbocycles. The predicted octanol–water partition coefficient (Wildman–Crippen LogP) is 1.68. The fraction of sp³-hybridized carbons (Fsp3) is 0.929. The van der Waals surface area contributed by atoms with Crippen LogP contribution in [0.4, 0.5) is 0 Å². The van der Waals surface area contributed by atoms with Gasteiger partial charge in [0.25, 0.3) is 5.91 Å². The first kappa shape index (κ1) is 13.8. The summed E-state index contributed by atoms with van der Waals surface area (Å²) in [5.74, 6) is 0.210. The third-order valence-corrected chi connectivity index (χ3v) is 4.15. The molecule has 0 aromatic rings. The van der Waals surface area contributed by atoms with Crippen LogP contribution in [0.2, 0.25) is 0 Å². The predicted molar refractivity (Wildman–Crippen MR) is 71.2 cm³/mol. The number of hydrogen-bond donors (Lipinski definition) is 1. The van der Waals surface area contributed by atoms with Crippen molar-refractivity contribution in [1.29, 1.82) is 0 Å². The monoisotopic (exact) mass is 254 g/mol. The Kier molecular flexibility index (Phi) is 5.45. The van der Waals surface area contributed by atoms with Crippen LogP contribution in [0.25, 0.3) is 0 Å². The molecule has 1 aliphatic carbocycles. The van der Waals surface area contributed by atoms with Gasteiger partial charge in [-0.1, -0.05) is 25.7 Å². The van der Waals surface area contributed by atoms with Gasteiger partial charge in [0.1, 0.15) is 6.10 Å². The molecule has 0 aromatic heterocycles. The Bertz CT molecular complexity index is 263. The maximum absolute atomic E-state index is 12.4. The zero-order valence-corrected chi connectivity index (χ0v) is 11.3. The zero-order chi connectivity index (χ0) is 12.8. The average molecular weight is 254 g/mol. The van der Waals surface area contributed by atoms with Crippen molar-refractivity contribution in [2.24, 2.45) is 5.73 Å². The van der Waals surface area contributed by atoms with Crippen molar-refractivity contribution in [2.75, 3.05) is 19.7 Å². The summed E-state index contributed by atoms with van der Waals surface area (Å²) in [4.78, 5) is 14.5. The lowest BCUT2D eigenvalue weighted by Crippen LogP contribution is -2.52. The van der Waals surface area contributed by atoms with Gasteiger partial charge < -0.3 is 15.4 Å². The van der Waals surface area contributed by atoms with Gasteiger partial charge in [-0.15, -0.1) is 0 Å². The summed E-state index contributed by atoms with van der Waals surface area (Å²) in [6.07, 6.45) is 8.95. The fourth-order valence-electron chi connectivity index (χ4n) is 3.10. The van der Waals surface area contributed by atoms with Crippen LogP contribution in [0.1, 0.15) is 51.4 Å². The molecule has 1 amide bonds. The Labute approximate surface area is 110 Å². The number of carbonyl (C=O) groups is 1. The van der Waals surface area contributed by atoms with E-state index >= 15 is 0 Å². The number of amides is 1. The third kappa shape index (κ3) is 3.45. The van der Waals surface area contributed by atoms with E-state index in [0.29, 0.717) is 19.2 Å². The van der Waals surface area contributed by atoms with Gasteiger partial charge in [-0.05, 0) is 32.2 Å². The topological polar surface area (TPSA) is 55.6 Å². The van der Waals surface area contributed by atoms with E-state index in [9.17, 15) is 4.79 Å². The highest BCUT2D eigenvalue weighted by molar-refractivity contribution is 5.81. The minimum Gasteiger partial charge on any atom is -0.367 e. The molecule has 1 saturated heterocycles. The summed E-state index contributed by atoms with van der Waals surface area (Å²) < 4.78 is 5.60. The van der Waals surface area contributed by atoms with Crippen LogP contribution in [-0.4, -0.2) is 42.6 Å². The second-order valence-electron chi connectivity index (χ2n) is 5.47. The molecule has 1 unspecified atom stereocenters. The summed E-state index contributed by atoms with van der Waals surface area (Å²) in [5.41, 5.74) is 5.51. The highest BCUT2D eigenvalue weighted by atomic mass is 16.5. The molecule has 0 aromatic carbocycles. The lowest BCUT2D eigenvalue weighted by molar-refractivity contribution is -0.157. The van der Waals surface area contributed by atoms with Crippen molar-refractivity contribution in [3.05, 3.63) is 0 Å². The normalized spacial score (nSPS) is 27.3. The van der Waals surface area contributed by atoms with Crippen molar-refractivity contribution in [2.45, 2.75) is 63.5 Å². The van der Waals surface area contributed by atoms with Gasteiger partial charge in [-0.25, -0.2) is 0 Å². The maximum Gasteiger partial charge on any atom is 0.252 e. The standard InChI is InChI=1S/C14H26N2O2/c15-9-5-8-13-14(17)16(10-11-18-13)12-6-3-1-2-4-7-12/h12-13H,1-11,15H2. The molecular weight excluding hydrogens is 228 g/mol. The minimum absolute atomic E-state index is 0.210. The second-order valence-corrected chi connectivity index (χ2v) is 5.47. The number of carbonyl (C=O) groups excluding carboxylic acids is 1. The largest absolute Gasteiger partial charge is 0.367 e. The number of ether oxygens (including phenoxy) is 1. The lowest BCUT2D eigenvalue weighted by atomic mass is 10.0. The summed E-state index contributed by atoms with van der Waals surface area (Å²) >= 11 is 0. The van der Waals surface area contributed by atoms with E-state index in [4.69, 9.17) is 10.5 Å². The molecule has 2 fully saturated rings. The van der Waals surface area contributed by atoms with Crippen LogP contribution >= 0.6 is 0 Å². The smallest absolute Gasteiger partial charge is 0.252 e. The molecule has 0 radical (unpaired) electrons. The molecule has 4 heteroatoms. The van der Waals surface area contributed by atoms with E-state index in [1.807, 2.05) is 0 Å². The molecule has 2 aliphatic rings. The first-order valence-corrected chi connectivity index (χ1v) is 7.45. The zero-order valence-electron chi connectivity index (χ0n) is 11.3. The molecule has 1 heterocycles. The first-order valence-electron chi connectivity index (χ1n) is 7.45. The molecule has 0 spiro atoms. The molecule has 1 aliphatic heterocycles. The molecule has 1 atom stereocenters. The van der Waals surface area contributed by atoms with Crippen LogP contribution in [0.5, 0.6) is 0 Å². The maximum atomic E-state index is 12.4. The first-order chi connectivity index (χ1) is 8.83. The quantitative estimate of drug-likeness (QED) is 0.777. The Morgan fingerprint density at radius 1 is 1.22 bits per heavy atom. The van der Waals surface area contributed by atoms with Gasteiger partial charge >= 0.3 is 0 Å². The number of morpholine rings is 1. The van der Waals surface area contributed by atoms with Crippen molar-refractivity contribution < 1.29 is 9.53 Å². The summed E-state index contributed by atoms with van der Waals surface area (Å²) in [5, 5.41) is 0. The molecule has 18 heavy (non-hydrogen) atoms. The summed E-state index contributed by atoms with van der Waals surface area (Å²) in [6, 6.07) is 0.462. The van der Waals surface area contributed by atoms with Crippen molar-refractivity contribution in [1.82, 2.24) is 4.90 Å². The van der Waals surface area contributed by atoms with Gasteiger partial charge in [0.2, 0.25) is 0 Å². The summed E-state index contributed by atoms with van der Waals surface area (Å²) in [6.45, 7) is 2.11. The molecule has 0 bridgehead atoms. The van der Waals surface area contributed by atoms with Crippen LogP contribution in [0.15, 0.2) is 0 Å². The third-order valence-electron chi connectivity index (χ3n) is 4.15. The SMILES string of the molecule is NCCCC1OCCN(C2CCCCCC2)C1=O. The Balaban J connectivity index is 1.92. The molecule has 104 valence electrons. The number of nitrogens with two attached hydrogens (primary N) is 1. The Morgan fingerprint density at radius 3 is 2.61 bits per heavy atom. The van der Waals surface area contributed by atoms with Gasteiger partial charge in [0.15, 0.2) is 0 Å². The van der Waals surface area contributed by atoms with Crippen molar-refractivity contribution in [3.8, 4) is 0 Å². The number of rotatable bonds is 4. The van der Waals surface area contributed by atoms with Gasteiger partial charge in [-0.2, -0.15) is 0 Å².